The molecule has 246 valence electrons. The third-order valence-corrected chi connectivity index (χ3v) is 6.89. The highest BCUT2D eigenvalue weighted by atomic mass is 35.5. The quantitative estimate of drug-likeness (QED) is 0.334. The SMILES string of the molecule is CCc1c(N2CCNCC2C)c(=O)c2nc(N(C)C)nnc2n1CC(=O)Nc1ccc(C(F)(F)F)cc1Cl.O=C(O)C(F)(F)F. The van der Waals surface area contributed by atoms with E-state index in [1.807, 2.05) is 18.7 Å². The predicted molar refractivity (Wildman–Crippen MR) is 154 cm³/mol. The first-order chi connectivity index (χ1) is 20.9. The summed E-state index contributed by atoms with van der Waals surface area (Å²) >= 11 is 6.03. The lowest BCUT2D eigenvalue weighted by Gasteiger charge is -2.37. The van der Waals surface area contributed by atoms with Crippen molar-refractivity contribution in [2.75, 3.05) is 48.8 Å². The van der Waals surface area contributed by atoms with Crippen molar-refractivity contribution in [3.05, 3.63) is 44.7 Å². The maximum absolute atomic E-state index is 13.8. The van der Waals surface area contributed by atoms with Crippen LogP contribution in [0.5, 0.6) is 0 Å². The number of amides is 1. The maximum atomic E-state index is 13.8. The number of halogens is 7. The van der Waals surface area contributed by atoms with E-state index in [-0.39, 0.29) is 45.8 Å². The fourth-order valence-corrected chi connectivity index (χ4v) is 4.69. The van der Waals surface area contributed by atoms with Crippen LogP contribution in [0.25, 0.3) is 11.2 Å². The van der Waals surface area contributed by atoms with Crippen molar-refractivity contribution in [2.45, 2.75) is 45.2 Å². The van der Waals surface area contributed by atoms with E-state index in [9.17, 15) is 35.9 Å². The number of anilines is 3. The number of piperazine rings is 1. The Morgan fingerprint density at radius 1 is 1.18 bits per heavy atom. The molecule has 1 fully saturated rings. The number of hydrogen-bond acceptors (Lipinski definition) is 9. The van der Waals surface area contributed by atoms with Gasteiger partial charge in [-0.05, 0) is 31.5 Å². The molecule has 1 atom stereocenters. The van der Waals surface area contributed by atoms with Gasteiger partial charge in [0.2, 0.25) is 17.3 Å². The molecule has 3 aromatic rings. The first-order valence-corrected chi connectivity index (χ1v) is 13.7. The van der Waals surface area contributed by atoms with E-state index in [0.29, 0.717) is 37.4 Å². The zero-order valence-corrected chi connectivity index (χ0v) is 25.1. The highest BCUT2D eigenvalue weighted by Gasteiger charge is 2.38. The van der Waals surface area contributed by atoms with E-state index >= 15 is 0 Å². The summed E-state index contributed by atoms with van der Waals surface area (Å²) < 4.78 is 72.3. The predicted octanol–water partition coefficient (Wildman–Crippen LogP) is 3.56. The van der Waals surface area contributed by atoms with Gasteiger partial charge in [0.1, 0.15) is 12.2 Å². The van der Waals surface area contributed by atoms with Crippen LogP contribution in [0, 0.1) is 0 Å². The summed E-state index contributed by atoms with van der Waals surface area (Å²) in [6.07, 6.45) is -9.24. The van der Waals surface area contributed by atoms with Gasteiger partial charge < -0.3 is 30.1 Å². The lowest BCUT2D eigenvalue weighted by molar-refractivity contribution is -0.192. The molecule has 2 aromatic heterocycles. The number of carboxylic acids is 1. The highest BCUT2D eigenvalue weighted by Crippen LogP contribution is 2.34. The maximum Gasteiger partial charge on any atom is 0.490 e. The molecule has 1 aliphatic rings. The number of pyridine rings is 1. The van der Waals surface area contributed by atoms with Gasteiger partial charge in [0.05, 0.1) is 16.3 Å². The van der Waals surface area contributed by atoms with E-state index in [2.05, 4.69) is 25.8 Å². The standard InChI is InChI=1S/C24H28ClF3N8O2.C2HF3O2/c1-5-17-20(35-9-8-29-11-13(35)2)21(38)19-22(32-33-23(31-19)34(3)4)36(17)12-18(37)30-16-7-6-14(10-15(16)25)24(26,27)28;3-2(4,5)1(6)7/h6-7,10,13,29H,5,8-9,11-12H2,1-4H3,(H,30,37);(H,6,7). The average Bonchev–Trinajstić information content (AvgIpc) is 2.95. The fourth-order valence-electron chi connectivity index (χ4n) is 4.46. The number of nitrogens with zero attached hydrogens (tertiary/aromatic N) is 6. The van der Waals surface area contributed by atoms with Crippen molar-refractivity contribution < 1.29 is 41.0 Å². The number of rotatable bonds is 6. The zero-order chi connectivity index (χ0) is 33.9. The molecule has 0 aliphatic carbocycles. The molecule has 12 nitrogen and oxygen atoms in total. The van der Waals surface area contributed by atoms with E-state index in [0.717, 1.165) is 18.2 Å². The van der Waals surface area contributed by atoms with Gasteiger partial charge in [0, 0.05) is 45.5 Å². The Morgan fingerprint density at radius 2 is 1.82 bits per heavy atom. The number of alkyl halides is 6. The normalized spacial score (nSPS) is 15.4. The lowest BCUT2D eigenvalue weighted by atomic mass is 10.1. The van der Waals surface area contributed by atoms with Crippen LogP contribution in [-0.4, -0.2) is 82.7 Å². The molecule has 3 N–H and O–H groups in total. The summed E-state index contributed by atoms with van der Waals surface area (Å²) in [5.74, 6) is -3.08. The molecule has 3 heterocycles. The Kier molecular flexibility index (Phi) is 10.9. The molecule has 0 bridgehead atoms. The second-order valence-corrected chi connectivity index (χ2v) is 10.4. The summed E-state index contributed by atoms with van der Waals surface area (Å²) in [4.78, 5) is 43.9. The third kappa shape index (κ3) is 8.30. The summed E-state index contributed by atoms with van der Waals surface area (Å²) in [5.41, 5.74) is 0.0417. The van der Waals surface area contributed by atoms with Gasteiger partial charge >= 0.3 is 18.3 Å². The Morgan fingerprint density at radius 3 is 2.33 bits per heavy atom. The number of aromatic nitrogens is 4. The zero-order valence-electron chi connectivity index (χ0n) is 24.3. The molecular formula is C26H29ClF6N8O4. The van der Waals surface area contributed by atoms with Crippen LogP contribution in [0.3, 0.4) is 0 Å². The van der Waals surface area contributed by atoms with Crippen LogP contribution in [0.15, 0.2) is 23.0 Å². The summed E-state index contributed by atoms with van der Waals surface area (Å²) in [5, 5.41) is 21.1. The molecule has 4 rings (SSSR count). The number of hydrogen-bond donors (Lipinski definition) is 3. The van der Waals surface area contributed by atoms with Gasteiger partial charge in [-0.25, -0.2) is 9.78 Å². The molecule has 0 spiro atoms. The van der Waals surface area contributed by atoms with Crippen molar-refractivity contribution >= 4 is 52.0 Å². The van der Waals surface area contributed by atoms with Crippen molar-refractivity contribution in [1.29, 1.82) is 0 Å². The van der Waals surface area contributed by atoms with Gasteiger partial charge in [0.25, 0.3) is 0 Å². The molecule has 1 amide bonds. The van der Waals surface area contributed by atoms with Crippen LogP contribution < -0.4 is 25.9 Å². The number of carboxylic acid groups (broad SMARTS) is 1. The molecule has 1 saturated heterocycles. The lowest BCUT2D eigenvalue weighted by Crippen LogP contribution is -2.52. The smallest absolute Gasteiger partial charge is 0.475 e. The van der Waals surface area contributed by atoms with Crippen molar-refractivity contribution in [1.82, 2.24) is 25.1 Å². The molecule has 0 saturated carbocycles. The van der Waals surface area contributed by atoms with Crippen LogP contribution in [-0.2, 0) is 28.7 Å². The Balaban J connectivity index is 0.000000707. The second-order valence-electron chi connectivity index (χ2n) is 10.0. The molecule has 1 unspecified atom stereocenters. The summed E-state index contributed by atoms with van der Waals surface area (Å²) in [7, 11) is 3.45. The molecular weight excluding hydrogens is 638 g/mol. The molecule has 0 radical (unpaired) electrons. The number of benzene rings is 1. The first-order valence-electron chi connectivity index (χ1n) is 13.3. The first kappa shape index (κ1) is 35.3. The van der Waals surface area contributed by atoms with E-state index in [1.165, 1.54) is 0 Å². The Labute approximate surface area is 257 Å². The van der Waals surface area contributed by atoms with E-state index < -0.39 is 29.8 Å². The van der Waals surface area contributed by atoms with Gasteiger partial charge in [-0.1, -0.05) is 18.5 Å². The number of fused-ring (bicyclic) bond motifs is 1. The number of nitrogens with one attached hydrogen (secondary N) is 2. The average molecular weight is 667 g/mol. The number of carbonyl (C=O) groups excluding carboxylic acids is 1. The summed E-state index contributed by atoms with van der Waals surface area (Å²) in [6, 6.07) is 2.71. The van der Waals surface area contributed by atoms with Gasteiger partial charge in [-0.15, -0.1) is 10.2 Å². The van der Waals surface area contributed by atoms with Crippen molar-refractivity contribution in [2.24, 2.45) is 0 Å². The topological polar surface area (TPSA) is 146 Å². The second kappa shape index (κ2) is 13.8. The molecule has 45 heavy (non-hydrogen) atoms. The monoisotopic (exact) mass is 666 g/mol. The van der Waals surface area contributed by atoms with Gasteiger partial charge in [0.15, 0.2) is 11.2 Å². The van der Waals surface area contributed by atoms with Crippen molar-refractivity contribution in [3.63, 3.8) is 0 Å². The van der Waals surface area contributed by atoms with Crippen LogP contribution in [0.2, 0.25) is 5.02 Å². The Bertz CT molecular complexity index is 1630. The van der Waals surface area contributed by atoms with E-state index in [4.69, 9.17) is 21.5 Å². The van der Waals surface area contributed by atoms with Crippen LogP contribution >= 0.6 is 11.6 Å². The van der Waals surface area contributed by atoms with Gasteiger partial charge in [-0.2, -0.15) is 26.3 Å². The molecule has 1 aliphatic heterocycles. The fraction of sp³-hybridized carbons (Fsp3) is 0.462. The minimum atomic E-state index is -5.08. The Hall–Kier alpha value is -4.19. The highest BCUT2D eigenvalue weighted by molar-refractivity contribution is 6.33. The third-order valence-electron chi connectivity index (χ3n) is 6.58. The number of aliphatic carboxylic acids is 1. The minimum absolute atomic E-state index is 0.00976. The largest absolute Gasteiger partial charge is 0.490 e. The molecule has 19 heteroatoms. The van der Waals surface area contributed by atoms with Crippen molar-refractivity contribution in [3.8, 4) is 0 Å². The number of carbonyl (C=O) groups is 2. The molecule has 1 aromatic carbocycles. The summed E-state index contributed by atoms with van der Waals surface area (Å²) in [6.45, 7) is 5.53. The van der Waals surface area contributed by atoms with E-state index in [1.54, 1.807) is 23.6 Å². The minimum Gasteiger partial charge on any atom is -0.475 e. The van der Waals surface area contributed by atoms with Crippen LogP contribution in [0.4, 0.5) is 43.7 Å². The van der Waals surface area contributed by atoms with Crippen LogP contribution in [0.1, 0.15) is 25.1 Å². The van der Waals surface area contributed by atoms with Gasteiger partial charge in [-0.3, -0.25) is 9.59 Å².